The van der Waals surface area contributed by atoms with Crippen LogP contribution in [0.2, 0.25) is 0 Å². The summed E-state index contributed by atoms with van der Waals surface area (Å²) in [6, 6.07) is 0. The van der Waals surface area contributed by atoms with E-state index in [1.54, 1.807) is 0 Å². The van der Waals surface area contributed by atoms with Gasteiger partial charge in [0.15, 0.2) is 0 Å². The smallest absolute Gasteiger partial charge is 0.0953 e. The lowest BCUT2D eigenvalue weighted by molar-refractivity contribution is 0.355. The predicted molar refractivity (Wildman–Crippen MR) is 54.6 cm³/mol. The fourth-order valence-electron chi connectivity index (χ4n) is 1.41. The Labute approximate surface area is 80.0 Å². The van der Waals surface area contributed by atoms with Crippen molar-refractivity contribution in [3.05, 3.63) is 18.2 Å². The molecule has 0 saturated carbocycles. The van der Waals surface area contributed by atoms with Crippen molar-refractivity contribution in [3.63, 3.8) is 0 Å². The molecule has 0 aliphatic rings. The second-order valence-corrected chi connectivity index (χ2v) is 4.02. The standard InChI is InChI=1S/C10H19N3/c1-4-5-9-6-12-8-13(9)10(2,3)7-11/h6,8H,4-5,7,11H2,1-3H3. The van der Waals surface area contributed by atoms with Crippen LogP contribution >= 0.6 is 0 Å². The van der Waals surface area contributed by atoms with E-state index < -0.39 is 0 Å². The zero-order valence-electron chi connectivity index (χ0n) is 8.75. The summed E-state index contributed by atoms with van der Waals surface area (Å²) in [6.07, 6.45) is 6.02. The molecule has 0 radical (unpaired) electrons. The van der Waals surface area contributed by atoms with Crippen LogP contribution < -0.4 is 5.73 Å². The molecule has 0 bridgehead atoms. The molecule has 0 fully saturated rings. The van der Waals surface area contributed by atoms with E-state index in [9.17, 15) is 0 Å². The van der Waals surface area contributed by atoms with Crippen LogP contribution in [0, 0.1) is 0 Å². The molecular formula is C10H19N3. The first-order chi connectivity index (χ1) is 6.11. The Balaban J connectivity index is 2.93. The lowest BCUT2D eigenvalue weighted by Crippen LogP contribution is -2.35. The first-order valence-electron chi connectivity index (χ1n) is 4.83. The molecule has 0 atom stereocenters. The fourth-order valence-corrected chi connectivity index (χ4v) is 1.41. The molecular weight excluding hydrogens is 162 g/mol. The second-order valence-electron chi connectivity index (χ2n) is 4.02. The quantitative estimate of drug-likeness (QED) is 0.765. The van der Waals surface area contributed by atoms with E-state index in [4.69, 9.17) is 5.73 Å². The van der Waals surface area contributed by atoms with Crippen molar-refractivity contribution in [2.75, 3.05) is 6.54 Å². The molecule has 0 spiro atoms. The number of rotatable bonds is 4. The summed E-state index contributed by atoms with van der Waals surface area (Å²) in [4.78, 5) is 4.16. The van der Waals surface area contributed by atoms with Crippen molar-refractivity contribution < 1.29 is 0 Å². The van der Waals surface area contributed by atoms with Crippen LogP contribution in [-0.4, -0.2) is 16.1 Å². The van der Waals surface area contributed by atoms with Gasteiger partial charge in [0.2, 0.25) is 0 Å². The molecule has 1 aromatic rings. The van der Waals surface area contributed by atoms with E-state index in [1.165, 1.54) is 5.69 Å². The second kappa shape index (κ2) is 3.92. The molecule has 0 aliphatic carbocycles. The zero-order chi connectivity index (χ0) is 9.90. The average Bonchev–Trinajstić information content (AvgIpc) is 2.54. The van der Waals surface area contributed by atoms with Crippen molar-refractivity contribution in [1.29, 1.82) is 0 Å². The third kappa shape index (κ3) is 2.10. The molecule has 1 aromatic heterocycles. The summed E-state index contributed by atoms with van der Waals surface area (Å²) in [5.41, 5.74) is 6.98. The molecule has 0 aliphatic heterocycles. The van der Waals surface area contributed by atoms with Crippen molar-refractivity contribution in [2.24, 2.45) is 5.73 Å². The van der Waals surface area contributed by atoms with Gasteiger partial charge >= 0.3 is 0 Å². The molecule has 1 rings (SSSR count). The van der Waals surface area contributed by atoms with Crippen LogP contribution in [0.3, 0.4) is 0 Å². The lowest BCUT2D eigenvalue weighted by atomic mass is 10.1. The Bertz CT molecular complexity index is 263. The van der Waals surface area contributed by atoms with Crippen LogP contribution in [-0.2, 0) is 12.0 Å². The molecule has 2 N–H and O–H groups in total. The van der Waals surface area contributed by atoms with E-state index >= 15 is 0 Å². The van der Waals surface area contributed by atoms with Gasteiger partial charge in [-0.3, -0.25) is 0 Å². The van der Waals surface area contributed by atoms with Gasteiger partial charge in [-0.2, -0.15) is 0 Å². The Morgan fingerprint density at radius 3 is 2.77 bits per heavy atom. The maximum atomic E-state index is 5.71. The monoisotopic (exact) mass is 181 g/mol. The van der Waals surface area contributed by atoms with Crippen molar-refractivity contribution in [3.8, 4) is 0 Å². The summed E-state index contributed by atoms with van der Waals surface area (Å²) in [6.45, 7) is 7.08. The Morgan fingerprint density at radius 2 is 2.23 bits per heavy atom. The van der Waals surface area contributed by atoms with Crippen molar-refractivity contribution in [1.82, 2.24) is 9.55 Å². The highest BCUT2D eigenvalue weighted by molar-refractivity contribution is 5.03. The molecule has 3 heteroatoms. The summed E-state index contributed by atoms with van der Waals surface area (Å²) < 4.78 is 2.18. The minimum absolute atomic E-state index is 0.0129. The van der Waals surface area contributed by atoms with Crippen LogP contribution in [0.5, 0.6) is 0 Å². The van der Waals surface area contributed by atoms with Crippen molar-refractivity contribution in [2.45, 2.75) is 39.2 Å². The van der Waals surface area contributed by atoms with E-state index in [0.717, 1.165) is 12.8 Å². The third-order valence-corrected chi connectivity index (χ3v) is 2.37. The minimum atomic E-state index is -0.0129. The van der Waals surface area contributed by atoms with Gasteiger partial charge in [-0.05, 0) is 20.3 Å². The average molecular weight is 181 g/mol. The normalized spacial score (nSPS) is 12.0. The van der Waals surface area contributed by atoms with Gasteiger partial charge in [0.05, 0.1) is 11.9 Å². The van der Waals surface area contributed by atoms with Gasteiger partial charge in [-0.25, -0.2) is 4.98 Å². The molecule has 0 aromatic carbocycles. The molecule has 0 amide bonds. The number of hydrogen-bond donors (Lipinski definition) is 1. The molecule has 74 valence electrons. The van der Waals surface area contributed by atoms with Crippen molar-refractivity contribution >= 4 is 0 Å². The summed E-state index contributed by atoms with van der Waals surface area (Å²) in [7, 11) is 0. The van der Waals surface area contributed by atoms with Crippen LogP contribution in [0.4, 0.5) is 0 Å². The highest BCUT2D eigenvalue weighted by Crippen LogP contribution is 2.16. The number of nitrogens with two attached hydrogens (primary N) is 1. The highest BCUT2D eigenvalue weighted by Gasteiger charge is 2.19. The van der Waals surface area contributed by atoms with Crippen LogP contribution in [0.15, 0.2) is 12.5 Å². The highest BCUT2D eigenvalue weighted by atomic mass is 15.1. The Morgan fingerprint density at radius 1 is 1.54 bits per heavy atom. The number of aromatic nitrogens is 2. The minimum Gasteiger partial charge on any atom is -0.328 e. The summed E-state index contributed by atoms with van der Waals surface area (Å²) >= 11 is 0. The summed E-state index contributed by atoms with van der Waals surface area (Å²) in [5.74, 6) is 0. The maximum absolute atomic E-state index is 5.71. The number of hydrogen-bond acceptors (Lipinski definition) is 2. The molecule has 0 saturated heterocycles. The van der Waals surface area contributed by atoms with E-state index in [0.29, 0.717) is 6.54 Å². The molecule has 13 heavy (non-hydrogen) atoms. The first kappa shape index (κ1) is 10.3. The fraction of sp³-hybridized carbons (Fsp3) is 0.700. The van der Waals surface area contributed by atoms with Gasteiger partial charge in [0.1, 0.15) is 0 Å². The van der Waals surface area contributed by atoms with E-state index in [1.807, 2.05) is 12.5 Å². The Hall–Kier alpha value is -0.830. The van der Waals surface area contributed by atoms with Gasteiger partial charge in [0, 0.05) is 18.4 Å². The van der Waals surface area contributed by atoms with E-state index in [-0.39, 0.29) is 5.54 Å². The largest absolute Gasteiger partial charge is 0.328 e. The molecule has 3 nitrogen and oxygen atoms in total. The Kier molecular flexibility index (Phi) is 3.09. The number of aryl methyl sites for hydroxylation is 1. The first-order valence-corrected chi connectivity index (χ1v) is 4.83. The topological polar surface area (TPSA) is 43.8 Å². The lowest BCUT2D eigenvalue weighted by Gasteiger charge is -2.26. The summed E-state index contributed by atoms with van der Waals surface area (Å²) in [5, 5.41) is 0. The third-order valence-electron chi connectivity index (χ3n) is 2.37. The predicted octanol–water partition coefficient (Wildman–Crippen LogP) is 1.53. The number of nitrogens with zero attached hydrogens (tertiary/aromatic N) is 2. The molecule has 0 unspecified atom stereocenters. The maximum Gasteiger partial charge on any atom is 0.0953 e. The van der Waals surface area contributed by atoms with Gasteiger partial charge in [-0.1, -0.05) is 13.3 Å². The molecule has 1 heterocycles. The van der Waals surface area contributed by atoms with Crippen LogP contribution in [0.25, 0.3) is 0 Å². The number of imidazole rings is 1. The van der Waals surface area contributed by atoms with Gasteiger partial charge in [-0.15, -0.1) is 0 Å². The van der Waals surface area contributed by atoms with Gasteiger partial charge in [0.25, 0.3) is 0 Å². The van der Waals surface area contributed by atoms with E-state index in [2.05, 4.69) is 30.3 Å². The SMILES string of the molecule is CCCc1cncn1C(C)(C)CN. The zero-order valence-corrected chi connectivity index (χ0v) is 8.75. The van der Waals surface area contributed by atoms with Gasteiger partial charge < -0.3 is 10.3 Å². The van der Waals surface area contributed by atoms with Crippen LogP contribution in [0.1, 0.15) is 32.9 Å².